The zero-order chi connectivity index (χ0) is 25.8. The molecule has 0 saturated carbocycles. The van der Waals surface area contributed by atoms with Gasteiger partial charge in [-0.1, -0.05) is 18.2 Å². The normalized spacial score (nSPS) is 14.2. The predicted octanol–water partition coefficient (Wildman–Crippen LogP) is 4.51. The maximum atomic E-state index is 11.7. The van der Waals surface area contributed by atoms with Gasteiger partial charge in [-0.15, -0.1) is 0 Å². The number of ether oxygens (including phenoxy) is 1. The van der Waals surface area contributed by atoms with Crippen molar-refractivity contribution in [3.63, 3.8) is 0 Å². The van der Waals surface area contributed by atoms with Crippen LogP contribution in [-0.4, -0.2) is 50.4 Å². The van der Waals surface area contributed by atoms with E-state index in [4.69, 9.17) is 14.8 Å². The monoisotopic (exact) mass is 499 g/mol. The first-order valence-electron chi connectivity index (χ1n) is 12.9. The summed E-state index contributed by atoms with van der Waals surface area (Å²) in [6.45, 7) is 8.57. The van der Waals surface area contributed by atoms with E-state index in [2.05, 4.69) is 51.4 Å². The number of amides is 1. The highest BCUT2D eigenvalue weighted by atomic mass is 16.5. The molecule has 1 fully saturated rings. The van der Waals surface area contributed by atoms with Crippen molar-refractivity contribution in [3.05, 3.63) is 71.6 Å². The summed E-state index contributed by atoms with van der Waals surface area (Å²) in [5, 5.41) is 7.63. The molecule has 0 unspecified atom stereocenters. The minimum atomic E-state index is -0.411. The van der Waals surface area contributed by atoms with Crippen LogP contribution in [0.15, 0.2) is 48.9 Å². The van der Waals surface area contributed by atoms with Crippen molar-refractivity contribution in [2.45, 2.75) is 46.6 Å². The molecule has 1 saturated heterocycles. The number of carbonyl (C=O) groups excluding carboxylic acids is 1. The molecular formula is C28H33N7O2. The minimum Gasteiger partial charge on any atom is -0.450 e. The SMILES string of the molecule is CCOC(=O)NCc1cccc(-c2cc(C)cn3nc(CC4CCN(c5cc(C)ncn5)CC4)nc23)c1. The first-order valence-corrected chi connectivity index (χ1v) is 12.9. The summed E-state index contributed by atoms with van der Waals surface area (Å²) in [6, 6.07) is 12.3. The van der Waals surface area contributed by atoms with Gasteiger partial charge in [0.05, 0.1) is 6.61 Å². The predicted molar refractivity (Wildman–Crippen MR) is 142 cm³/mol. The van der Waals surface area contributed by atoms with Crippen LogP contribution < -0.4 is 10.2 Å². The first kappa shape index (κ1) is 24.7. The number of carbonyl (C=O) groups is 1. The number of anilines is 1. The highest BCUT2D eigenvalue weighted by Gasteiger charge is 2.22. The molecule has 4 aromatic rings. The van der Waals surface area contributed by atoms with E-state index in [0.717, 1.165) is 77.6 Å². The molecule has 1 N–H and O–H groups in total. The highest BCUT2D eigenvalue weighted by Crippen LogP contribution is 2.28. The van der Waals surface area contributed by atoms with Gasteiger partial charge in [0.25, 0.3) is 0 Å². The summed E-state index contributed by atoms with van der Waals surface area (Å²) >= 11 is 0. The second-order valence-electron chi connectivity index (χ2n) is 9.65. The zero-order valence-electron chi connectivity index (χ0n) is 21.6. The number of rotatable bonds is 7. The van der Waals surface area contributed by atoms with Crippen LogP contribution in [0.2, 0.25) is 0 Å². The second kappa shape index (κ2) is 10.9. The summed E-state index contributed by atoms with van der Waals surface area (Å²) in [5.74, 6) is 2.43. The quantitative estimate of drug-likeness (QED) is 0.400. The Morgan fingerprint density at radius 1 is 1.14 bits per heavy atom. The third-order valence-electron chi connectivity index (χ3n) is 6.76. The topological polar surface area (TPSA) is 97.5 Å². The van der Waals surface area contributed by atoms with Crippen molar-refractivity contribution in [1.29, 1.82) is 0 Å². The fourth-order valence-corrected chi connectivity index (χ4v) is 4.91. The van der Waals surface area contributed by atoms with Crippen molar-refractivity contribution in [1.82, 2.24) is 29.9 Å². The molecule has 37 heavy (non-hydrogen) atoms. The van der Waals surface area contributed by atoms with E-state index in [0.29, 0.717) is 19.1 Å². The lowest BCUT2D eigenvalue weighted by molar-refractivity contribution is 0.151. The molecule has 1 aliphatic heterocycles. The number of piperidine rings is 1. The van der Waals surface area contributed by atoms with Crippen LogP contribution >= 0.6 is 0 Å². The number of nitrogens with zero attached hydrogens (tertiary/aromatic N) is 6. The van der Waals surface area contributed by atoms with Crippen LogP contribution in [0.3, 0.4) is 0 Å². The van der Waals surface area contributed by atoms with Gasteiger partial charge in [-0.25, -0.2) is 24.3 Å². The lowest BCUT2D eigenvalue weighted by Gasteiger charge is -2.32. The maximum Gasteiger partial charge on any atom is 0.407 e. The fraction of sp³-hybridized carbons (Fsp3) is 0.393. The molecule has 192 valence electrons. The molecule has 0 spiro atoms. The molecule has 1 amide bonds. The van der Waals surface area contributed by atoms with Gasteiger partial charge in [-0.2, -0.15) is 5.10 Å². The van der Waals surface area contributed by atoms with E-state index in [9.17, 15) is 4.79 Å². The Kier molecular flexibility index (Phi) is 7.30. The Labute approximate surface area is 216 Å². The number of pyridine rings is 1. The van der Waals surface area contributed by atoms with Gasteiger partial charge >= 0.3 is 6.09 Å². The number of hydrogen-bond donors (Lipinski definition) is 1. The van der Waals surface area contributed by atoms with Gasteiger partial charge in [0.15, 0.2) is 11.5 Å². The number of aryl methyl sites for hydroxylation is 2. The van der Waals surface area contributed by atoms with E-state index in [1.807, 2.05) is 29.8 Å². The number of hydrogen-bond acceptors (Lipinski definition) is 7. The Morgan fingerprint density at radius 2 is 1.97 bits per heavy atom. The van der Waals surface area contributed by atoms with E-state index in [1.54, 1.807) is 13.3 Å². The maximum absolute atomic E-state index is 11.7. The van der Waals surface area contributed by atoms with Crippen molar-refractivity contribution in [2.75, 3.05) is 24.6 Å². The number of nitrogens with one attached hydrogen (secondary N) is 1. The summed E-state index contributed by atoms with van der Waals surface area (Å²) in [4.78, 5) is 27.7. The van der Waals surface area contributed by atoms with Crippen molar-refractivity contribution < 1.29 is 9.53 Å². The van der Waals surface area contributed by atoms with E-state index >= 15 is 0 Å². The van der Waals surface area contributed by atoms with E-state index in [1.165, 1.54) is 0 Å². The highest BCUT2D eigenvalue weighted by molar-refractivity contribution is 5.78. The van der Waals surface area contributed by atoms with Crippen LogP contribution in [0.1, 0.15) is 42.4 Å². The first-order chi connectivity index (χ1) is 18.0. The molecule has 0 bridgehead atoms. The third kappa shape index (κ3) is 5.87. The van der Waals surface area contributed by atoms with Gasteiger partial charge in [0, 0.05) is 49.6 Å². The van der Waals surface area contributed by atoms with Crippen LogP contribution in [0.4, 0.5) is 10.6 Å². The summed E-state index contributed by atoms with van der Waals surface area (Å²) in [6.07, 6.45) is 6.29. The molecule has 9 heteroatoms. The Bertz CT molecular complexity index is 1390. The standard InChI is InChI=1S/C28H33N7O2/c1-4-37-28(36)29-16-22-6-5-7-23(14-22)24-12-19(2)17-35-27(24)32-25(33-35)15-21-8-10-34(11-9-21)26-13-20(3)30-18-31-26/h5-7,12-14,17-18,21H,4,8-11,15-16H2,1-3H3,(H,29,36). The molecule has 0 atom stereocenters. The average Bonchev–Trinajstić information content (AvgIpc) is 3.30. The molecule has 3 aromatic heterocycles. The second-order valence-corrected chi connectivity index (χ2v) is 9.65. The van der Waals surface area contributed by atoms with Crippen LogP contribution in [0.5, 0.6) is 0 Å². The van der Waals surface area contributed by atoms with Gasteiger partial charge in [0.2, 0.25) is 0 Å². The van der Waals surface area contributed by atoms with Crippen molar-refractivity contribution >= 4 is 17.6 Å². The largest absolute Gasteiger partial charge is 0.450 e. The molecule has 4 heterocycles. The van der Waals surface area contributed by atoms with Crippen LogP contribution in [0, 0.1) is 19.8 Å². The fourth-order valence-electron chi connectivity index (χ4n) is 4.91. The average molecular weight is 500 g/mol. The van der Waals surface area contributed by atoms with E-state index in [-0.39, 0.29) is 0 Å². The molecule has 1 aliphatic rings. The molecule has 5 rings (SSSR count). The minimum absolute atomic E-state index is 0.350. The zero-order valence-corrected chi connectivity index (χ0v) is 21.6. The Hall–Kier alpha value is -4.01. The summed E-state index contributed by atoms with van der Waals surface area (Å²) in [5.41, 5.74) is 6.03. The molecule has 1 aromatic carbocycles. The summed E-state index contributed by atoms with van der Waals surface area (Å²) in [7, 11) is 0. The molecule has 9 nitrogen and oxygen atoms in total. The Balaban J connectivity index is 1.30. The van der Waals surface area contributed by atoms with Crippen LogP contribution in [-0.2, 0) is 17.7 Å². The molecule has 0 radical (unpaired) electrons. The van der Waals surface area contributed by atoms with Crippen molar-refractivity contribution in [3.8, 4) is 11.1 Å². The van der Waals surface area contributed by atoms with Gasteiger partial charge in [-0.05, 0) is 68.4 Å². The van der Waals surface area contributed by atoms with Gasteiger partial charge < -0.3 is 15.0 Å². The number of fused-ring (bicyclic) bond motifs is 1. The number of benzene rings is 1. The van der Waals surface area contributed by atoms with Gasteiger partial charge in [0.1, 0.15) is 12.1 Å². The van der Waals surface area contributed by atoms with Crippen LogP contribution in [0.25, 0.3) is 16.8 Å². The lowest BCUT2D eigenvalue weighted by atomic mass is 9.93. The third-order valence-corrected chi connectivity index (χ3v) is 6.76. The summed E-state index contributed by atoms with van der Waals surface area (Å²) < 4.78 is 6.88. The number of alkyl carbamates (subject to hydrolysis) is 1. The smallest absolute Gasteiger partial charge is 0.407 e. The van der Waals surface area contributed by atoms with Crippen molar-refractivity contribution in [2.24, 2.45) is 5.92 Å². The lowest BCUT2D eigenvalue weighted by Crippen LogP contribution is -2.35. The van der Waals surface area contributed by atoms with Gasteiger partial charge in [-0.3, -0.25) is 0 Å². The Morgan fingerprint density at radius 3 is 2.76 bits per heavy atom. The number of aromatic nitrogens is 5. The molecule has 0 aliphatic carbocycles. The molecular weight excluding hydrogens is 466 g/mol. The van der Waals surface area contributed by atoms with E-state index < -0.39 is 6.09 Å².